The number of ether oxygens (including phenoxy) is 1. The molecule has 3 heterocycles. The highest BCUT2D eigenvalue weighted by atomic mass is 32.1. The highest BCUT2D eigenvalue weighted by molar-refractivity contribution is 7.71. The van der Waals surface area contributed by atoms with E-state index in [1.54, 1.807) is 10.9 Å². The van der Waals surface area contributed by atoms with Gasteiger partial charge in [0, 0.05) is 6.42 Å². The molecule has 0 amide bonds. The predicted octanol–water partition coefficient (Wildman–Crippen LogP) is -0.288. The molecule has 0 saturated carbocycles. The average Bonchev–Trinajstić information content (AvgIpc) is 2.92. The number of aliphatic hydroxyl groups is 2. The third kappa shape index (κ3) is 2.00. The second-order valence-corrected chi connectivity index (χ2v) is 4.78. The number of aromatic nitrogens is 4. The number of nitrogens with zero attached hydrogens (tertiary/aromatic N) is 3. The van der Waals surface area contributed by atoms with E-state index in [0.717, 1.165) is 0 Å². The van der Waals surface area contributed by atoms with Crippen LogP contribution >= 0.6 is 12.2 Å². The molecule has 1 aliphatic heterocycles. The maximum atomic E-state index is 9.75. The number of anilines is 1. The summed E-state index contributed by atoms with van der Waals surface area (Å²) in [5.74, 6) is 0.191. The van der Waals surface area contributed by atoms with Crippen LogP contribution in [0.3, 0.4) is 0 Å². The number of H-pyrrole nitrogens is 1. The van der Waals surface area contributed by atoms with E-state index in [1.807, 2.05) is 0 Å². The molecule has 0 aliphatic carbocycles. The number of imidazole rings is 1. The molecule has 8 nitrogen and oxygen atoms in total. The first-order valence-electron chi connectivity index (χ1n) is 5.77. The van der Waals surface area contributed by atoms with Gasteiger partial charge in [-0.15, -0.1) is 0 Å². The van der Waals surface area contributed by atoms with Crippen molar-refractivity contribution in [3.8, 4) is 0 Å². The summed E-state index contributed by atoms with van der Waals surface area (Å²) >= 11 is 5.08. The molecule has 9 heteroatoms. The van der Waals surface area contributed by atoms with Gasteiger partial charge in [-0.2, -0.15) is 0 Å². The first kappa shape index (κ1) is 12.5. The Morgan fingerprint density at radius 1 is 1.63 bits per heavy atom. The van der Waals surface area contributed by atoms with Crippen LogP contribution in [-0.2, 0) is 4.74 Å². The second kappa shape index (κ2) is 4.53. The van der Waals surface area contributed by atoms with Gasteiger partial charge in [0.2, 0.25) is 0 Å². The first-order chi connectivity index (χ1) is 9.10. The molecule has 19 heavy (non-hydrogen) atoms. The van der Waals surface area contributed by atoms with E-state index in [9.17, 15) is 5.11 Å². The normalized spacial score (nSPS) is 27.2. The van der Waals surface area contributed by atoms with Gasteiger partial charge in [-0.25, -0.2) is 9.97 Å². The fraction of sp³-hybridized carbons (Fsp3) is 0.500. The van der Waals surface area contributed by atoms with Crippen LogP contribution in [0.15, 0.2) is 6.33 Å². The van der Waals surface area contributed by atoms with Gasteiger partial charge in [0.25, 0.3) is 0 Å². The van der Waals surface area contributed by atoms with Crippen molar-refractivity contribution in [1.82, 2.24) is 19.5 Å². The van der Waals surface area contributed by atoms with Gasteiger partial charge in [-0.05, 0) is 0 Å². The molecular weight excluding hydrogens is 270 g/mol. The van der Waals surface area contributed by atoms with E-state index < -0.39 is 18.4 Å². The van der Waals surface area contributed by atoms with Crippen molar-refractivity contribution in [1.29, 1.82) is 0 Å². The molecule has 0 bridgehead atoms. The molecule has 1 aliphatic rings. The quantitative estimate of drug-likeness (QED) is 0.559. The van der Waals surface area contributed by atoms with Crippen LogP contribution in [0.1, 0.15) is 12.6 Å². The summed E-state index contributed by atoms with van der Waals surface area (Å²) in [5.41, 5.74) is 6.74. The summed E-state index contributed by atoms with van der Waals surface area (Å²) in [6, 6.07) is 0. The minimum absolute atomic E-state index is 0.191. The van der Waals surface area contributed by atoms with E-state index in [0.29, 0.717) is 22.2 Å². The van der Waals surface area contributed by atoms with Gasteiger partial charge >= 0.3 is 0 Å². The lowest BCUT2D eigenvalue weighted by molar-refractivity contribution is -0.0432. The molecule has 1 saturated heterocycles. The maximum Gasteiger partial charge on any atom is 0.200 e. The van der Waals surface area contributed by atoms with Crippen LogP contribution in [0.2, 0.25) is 0 Å². The summed E-state index contributed by atoms with van der Waals surface area (Å²) < 4.78 is 7.57. The van der Waals surface area contributed by atoms with Crippen molar-refractivity contribution in [2.24, 2.45) is 0 Å². The van der Waals surface area contributed by atoms with Crippen LogP contribution in [0.4, 0.5) is 5.95 Å². The first-order valence-corrected chi connectivity index (χ1v) is 6.17. The molecule has 0 unspecified atom stereocenters. The van der Waals surface area contributed by atoms with Crippen molar-refractivity contribution < 1.29 is 14.9 Å². The second-order valence-electron chi connectivity index (χ2n) is 4.39. The zero-order valence-electron chi connectivity index (χ0n) is 9.85. The Bertz CT molecular complexity index is 669. The van der Waals surface area contributed by atoms with Crippen molar-refractivity contribution in [3.05, 3.63) is 11.0 Å². The molecule has 1 fully saturated rings. The van der Waals surface area contributed by atoms with Gasteiger partial charge in [0.15, 0.2) is 10.6 Å². The lowest BCUT2D eigenvalue weighted by Crippen LogP contribution is -2.24. The van der Waals surface area contributed by atoms with E-state index >= 15 is 0 Å². The minimum Gasteiger partial charge on any atom is -0.394 e. The minimum atomic E-state index is -0.713. The van der Waals surface area contributed by atoms with Gasteiger partial charge < -0.3 is 25.7 Å². The van der Waals surface area contributed by atoms with Gasteiger partial charge in [-0.3, -0.25) is 4.57 Å². The van der Waals surface area contributed by atoms with Gasteiger partial charge in [-0.1, -0.05) is 12.2 Å². The zero-order valence-corrected chi connectivity index (χ0v) is 10.7. The van der Waals surface area contributed by atoms with Gasteiger partial charge in [0.05, 0.1) is 19.0 Å². The molecule has 2 aromatic heterocycles. The monoisotopic (exact) mass is 283 g/mol. The highest BCUT2D eigenvalue weighted by Crippen LogP contribution is 2.30. The average molecular weight is 283 g/mol. The molecule has 0 radical (unpaired) electrons. The van der Waals surface area contributed by atoms with Gasteiger partial charge in [0.1, 0.15) is 23.5 Å². The van der Waals surface area contributed by atoms with Crippen molar-refractivity contribution in [2.75, 3.05) is 12.3 Å². The largest absolute Gasteiger partial charge is 0.394 e. The summed E-state index contributed by atoms with van der Waals surface area (Å²) in [6.07, 6.45) is 0.179. The lowest BCUT2D eigenvalue weighted by Gasteiger charge is -2.13. The molecule has 2 aromatic rings. The molecular formula is C10H13N5O3S. The van der Waals surface area contributed by atoms with Crippen LogP contribution < -0.4 is 5.73 Å². The predicted molar refractivity (Wildman–Crippen MR) is 68.7 cm³/mol. The summed E-state index contributed by atoms with van der Waals surface area (Å²) in [7, 11) is 0. The van der Waals surface area contributed by atoms with Crippen LogP contribution in [0.5, 0.6) is 0 Å². The van der Waals surface area contributed by atoms with E-state index in [-0.39, 0.29) is 12.6 Å². The number of hydrogen-bond acceptors (Lipinski definition) is 7. The number of nitrogens with two attached hydrogens (primary N) is 1. The topological polar surface area (TPSA) is 122 Å². The Kier molecular flexibility index (Phi) is 2.97. The van der Waals surface area contributed by atoms with Crippen molar-refractivity contribution in [3.63, 3.8) is 0 Å². The molecule has 3 atom stereocenters. The van der Waals surface area contributed by atoms with Crippen LogP contribution in [0, 0.1) is 4.64 Å². The third-order valence-corrected chi connectivity index (χ3v) is 3.44. The molecule has 102 valence electrons. The van der Waals surface area contributed by atoms with E-state index in [2.05, 4.69) is 15.0 Å². The Morgan fingerprint density at radius 3 is 3.11 bits per heavy atom. The Morgan fingerprint density at radius 2 is 2.42 bits per heavy atom. The third-order valence-electron chi connectivity index (χ3n) is 3.16. The Hall–Kier alpha value is -1.55. The number of nitrogens with one attached hydrogen (secondary N) is 1. The number of fused-ring (bicyclic) bond motifs is 1. The Balaban J connectivity index is 2.05. The highest BCUT2D eigenvalue weighted by Gasteiger charge is 2.35. The van der Waals surface area contributed by atoms with E-state index in [1.165, 1.54) is 0 Å². The summed E-state index contributed by atoms with van der Waals surface area (Å²) in [4.78, 5) is 11.0. The number of hydrogen-bond donors (Lipinski definition) is 4. The van der Waals surface area contributed by atoms with Crippen molar-refractivity contribution >= 4 is 29.3 Å². The number of aliphatic hydroxyl groups excluding tert-OH is 2. The fourth-order valence-corrected chi connectivity index (χ4v) is 2.47. The lowest BCUT2D eigenvalue weighted by atomic mass is 10.2. The fourth-order valence-electron chi connectivity index (χ4n) is 2.22. The Labute approximate surface area is 112 Å². The SMILES string of the molecule is Nc1nc(=S)c2ncn([C@@H]3C[C@@H](O)[C@H](CO)O3)c2[nH]1. The standard InChI is InChI=1S/C10H13N5O3S/c11-10-13-8-7(9(19)14-10)12-3-15(8)6-1-4(17)5(2-16)18-6/h3-6,16-17H,1-2H2,(H3,11,13,14,19)/t4-,5+,6+/m1/s1. The zero-order chi connectivity index (χ0) is 13.6. The van der Waals surface area contributed by atoms with E-state index in [4.69, 9.17) is 27.8 Å². The molecule has 3 rings (SSSR count). The molecule has 0 spiro atoms. The van der Waals surface area contributed by atoms with Crippen molar-refractivity contribution in [2.45, 2.75) is 24.9 Å². The summed E-state index contributed by atoms with van der Waals surface area (Å²) in [5, 5.41) is 18.8. The smallest absolute Gasteiger partial charge is 0.200 e. The van der Waals surface area contributed by atoms with Crippen LogP contribution in [-0.4, -0.2) is 48.5 Å². The molecule has 0 aromatic carbocycles. The number of rotatable bonds is 2. The molecule has 5 N–H and O–H groups in total. The summed E-state index contributed by atoms with van der Waals surface area (Å²) in [6.45, 7) is -0.232. The number of nitrogen functional groups attached to an aromatic ring is 1. The number of aromatic amines is 1. The van der Waals surface area contributed by atoms with Crippen LogP contribution in [0.25, 0.3) is 11.2 Å². The maximum absolute atomic E-state index is 9.75.